The standard InChI is InChI=1S/C22H17Cl2NO5/c1-28-17-9-5-16(6-10-17)25-22(27)14-2-7-18(8-3-14)30-21(26)13-29-20-11-4-15(23)12-19(20)24/h2-12H,13H2,1H3,(H,25,27). The van der Waals surface area contributed by atoms with Crippen molar-refractivity contribution >= 4 is 40.8 Å². The van der Waals surface area contributed by atoms with Crippen molar-refractivity contribution in [2.75, 3.05) is 19.0 Å². The van der Waals surface area contributed by atoms with Crippen LogP contribution in [0.4, 0.5) is 5.69 Å². The van der Waals surface area contributed by atoms with E-state index >= 15 is 0 Å². The third-order valence-corrected chi connectivity index (χ3v) is 4.47. The van der Waals surface area contributed by atoms with Crippen LogP contribution < -0.4 is 19.5 Å². The summed E-state index contributed by atoms with van der Waals surface area (Å²) in [6.45, 7) is -0.332. The van der Waals surface area contributed by atoms with Gasteiger partial charge in [0.1, 0.15) is 17.2 Å². The molecule has 0 saturated heterocycles. The average Bonchev–Trinajstić information content (AvgIpc) is 2.74. The predicted molar refractivity (Wildman–Crippen MR) is 115 cm³/mol. The molecule has 6 nitrogen and oxygen atoms in total. The Balaban J connectivity index is 1.52. The Morgan fingerprint density at radius 3 is 2.20 bits per heavy atom. The largest absolute Gasteiger partial charge is 0.497 e. The normalized spacial score (nSPS) is 10.2. The Kier molecular flexibility index (Phi) is 7.17. The monoisotopic (exact) mass is 445 g/mol. The Hall–Kier alpha value is -3.22. The van der Waals surface area contributed by atoms with Crippen LogP contribution in [-0.4, -0.2) is 25.6 Å². The van der Waals surface area contributed by atoms with E-state index in [1.165, 1.54) is 18.2 Å². The zero-order valence-electron chi connectivity index (χ0n) is 15.9. The topological polar surface area (TPSA) is 73.9 Å². The summed E-state index contributed by atoms with van der Waals surface area (Å²) in [7, 11) is 1.57. The van der Waals surface area contributed by atoms with E-state index in [0.29, 0.717) is 32.8 Å². The fraction of sp³-hybridized carbons (Fsp3) is 0.0909. The van der Waals surface area contributed by atoms with Crippen LogP contribution in [0.25, 0.3) is 0 Å². The summed E-state index contributed by atoms with van der Waals surface area (Å²) in [6, 6.07) is 17.8. The van der Waals surface area contributed by atoms with Crippen LogP contribution in [0.3, 0.4) is 0 Å². The van der Waals surface area contributed by atoms with Gasteiger partial charge >= 0.3 is 5.97 Å². The number of benzene rings is 3. The Labute approximate surface area is 183 Å². The lowest BCUT2D eigenvalue weighted by molar-refractivity contribution is -0.136. The summed E-state index contributed by atoms with van der Waals surface area (Å²) in [5.74, 6) is 0.395. The highest BCUT2D eigenvalue weighted by Gasteiger charge is 2.11. The third kappa shape index (κ3) is 5.89. The van der Waals surface area contributed by atoms with Gasteiger partial charge in [-0.1, -0.05) is 23.2 Å². The predicted octanol–water partition coefficient (Wildman–Crippen LogP) is 5.24. The number of hydrogen-bond acceptors (Lipinski definition) is 5. The maximum Gasteiger partial charge on any atom is 0.349 e. The first-order valence-corrected chi connectivity index (χ1v) is 9.54. The molecule has 0 unspecified atom stereocenters. The van der Waals surface area contributed by atoms with Gasteiger partial charge in [0.15, 0.2) is 6.61 Å². The Morgan fingerprint density at radius 2 is 1.57 bits per heavy atom. The molecule has 0 saturated carbocycles. The molecule has 154 valence electrons. The van der Waals surface area contributed by atoms with Crippen LogP contribution >= 0.6 is 23.2 Å². The smallest absolute Gasteiger partial charge is 0.349 e. The van der Waals surface area contributed by atoms with Crippen molar-refractivity contribution in [2.24, 2.45) is 0 Å². The molecular weight excluding hydrogens is 429 g/mol. The average molecular weight is 446 g/mol. The maximum atomic E-state index is 12.3. The Morgan fingerprint density at radius 1 is 0.900 bits per heavy atom. The first-order chi connectivity index (χ1) is 14.4. The van der Waals surface area contributed by atoms with E-state index in [4.69, 9.17) is 37.4 Å². The van der Waals surface area contributed by atoms with E-state index in [1.54, 1.807) is 55.6 Å². The van der Waals surface area contributed by atoms with Gasteiger partial charge in [0.2, 0.25) is 0 Å². The first-order valence-electron chi connectivity index (χ1n) is 8.78. The van der Waals surface area contributed by atoms with E-state index < -0.39 is 5.97 Å². The second-order valence-electron chi connectivity index (χ2n) is 6.04. The van der Waals surface area contributed by atoms with Crippen molar-refractivity contribution < 1.29 is 23.8 Å². The highest BCUT2D eigenvalue weighted by atomic mass is 35.5. The molecule has 0 aliphatic carbocycles. The van der Waals surface area contributed by atoms with Gasteiger partial charge < -0.3 is 19.5 Å². The van der Waals surface area contributed by atoms with Gasteiger partial charge in [-0.15, -0.1) is 0 Å². The summed E-state index contributed by atoms with van der Waals surface area (Å²) in [4.78, 5) is 24.3. The molecule has 3 aromatic rings. The lowest BCUT2D eigenvalue weighted by Crippen LogP contribution is -2.18. The molecule has 8 heteroatoms. The van der Waals surface area contributed by atoms with Crippen LogP contribution in [0.5, 0.6) is 17.2 Å². The van der Waals surface area contributed by atoms with Crippen LogP contribution in [-0.2, 0) is 4.79 Å². The fourth-order valence-corrected chi connectivity index (χ4v) is 2.90. The van der Waals surface area contributed by atoms with E-state index in [-0.39, 0.29) is 18.3 Å². The molecule has 0 radical (unpaired) electrons. The number of methoxy groups -OCH3 is 1. The van der Waals surface area contributed by atoms with E-state index in [9.17, 15) is 9.59 Å². The number of hydrogen-bond donors (Lipinski definition) is 1. The van der Waals surface area contributed by atoms with Gasteiger partial charge in [-0.05, 0) is 66.7 Å². The summed E-state index contributed by atoms with van der Waals surface area (Å²) in [5.41, 5.74) is 1.05. The number of carbonyl (C=O) groups excluding carboxylic acids is 2. The van der Waals surface area contributed by atoms with Crippen molar-refractivity contribution in [3.8, 4) is 17.2 Å². The second-order valence-corrected chi connectivity index (χ2v) is 6.89. The molecule has 0 bridgehead atoms. The first kappa shape index (κ1) is 21.5. The number of ether oxygens (including phenoxy) is 3. The number of anilines is 1. The number of rotatable bonds is 7. The van der Waals surface area contributed by atoms with Crippen molar-refractivity contribution in [1.82, 2.24) is 0 Å². The second kappa shape index (κ2) is 10.0. The van der Waals surface area contributed by atoms with Gasteiger partial charge in [0, 0.05) is 16.3 Å². The van der Waals surface area contributed by atoms with Gasteiger partial charge in [-0.25, -0.2) is 4.79 Å². The minimum absolute atomic E-state index is 0.284. The molecule has 0 atom stereocenters. The molecule has 0 aliphatic heterocycles. The van der Waals surface area contributed by atoms with Gasteiger partial charge in [-0.2, -0.15) is 0 Å². The molecule has 0 heterocycles. The molecule has 0 aromatic heterocycles. The molecular formula is C22H17Cl2NO5. The molecule has 3 aromatic carbocycles. The molecule has 30 heavy (non-hydrogen) atoms. The molecule has 0 spiro atoms. The molecule has 1 amide bonds. The zero-order valence-corrected chi connectivity index (χ0v) is 17.4. The molecule has 3 rings (SSSR count). The van der Waals surface area contributed by atoms with Crippen molar-refractivity contribution in [1.29, 1.82) is 0 Å². The van der Waals surface area contributed by atoms with Gasteiger partial charge in [-0.3, -0.25) is 4.79 Å². The fourth-order valence-electron chi connectivity index (χ4n) is 2.44. The van der Waals surface area contributed by atoms with Crippen LogP contribution in [0.15, 0.2) is 66.7 Å². The number of carbonyl (C=O) groups is 2. The van der Waals surface area contributed by atoms with E-state index in [0.717, 1.165) is 0 Å². The SMILES string of the molecule is COc1ccc(NC(=O)c2ccc(OC(=O)COc3ccc(Cl)cc3Cl)cc2)cc1. The minimum atomic E-state index is -0.614. The van der Waals surface area contributed by atoms with Gasteiger partial charge in [0.05, 0.1) is 12.1 Å². The van der Waals surface area contributed by atoms with E-state index in [2.05, 4.69) is 5.32 Å². The summed E-state index contributed by atoms with van der Waals surface area (Å²) in [6.07, 6.45) is 0. The lowest BCUT2D eigenvalue weighted by atomic mass is 10.2. The lowest BCUT2D eigenvalue weighted by Gasteiger charge is -2.09. The van der Waals surface area contributed by atoms with Crippen molar-refractivity contribution in [3.05, 3.63) is 82.3 Å². The molecule has 0 aliphatic rings. The summed E-state index contributed by atoms with van der Waals surface area (Å²) >= 11 is 11.8. The number of nitrogens with one attached hydrogen (secondary N) is 1. The highest BCUT2D eigenvalue weighted by Crippen LogP contribution is 2.27. The Bertz CT molecular complexity index is 1040. The van der Waals surface area contributed by atoms with Crippen molar-refractivity contribution in [2.45, 2.75) is 0 Å². The molecule has 1 N–H and O–H groups in total. The minimum Gasteiger partial charge on any atom is -0.497 e. The van der Waals surface area contributed by atoms with Crippen LogP contribution in [0.2, 0.25) is 10.0 Å². The number of esters is 1. The van der Waals surface area contributed by atoms with Crippen LogP contribution in [0, 0.1) is 0 Å². The van der Waals surface area contributed by atoms with Crippen molar-refractivity contribution in [3.63, 3.8) is 0 Å². The van der Waals surface area contributed by atoms with Crippen LogP contribution in [0.1, 0.15) is 10.4 Å². The van der Waals surface area contributed by atoms with E-state index in [1.807, 2.05) is 0 Å². The third-order valence-electron chi connectivity index (χ3n) is 3.94. The summed E-state index contributed by atoms with van der Waals surface area (Å²) in [5, 5.41) is 3.53. The number of amides is 1. The zero-order chi connectivity index (χ0) is 21.5. The highest BCUT2D eigenvalue weighted by molar-refractivity contribution is 6.35. The quantitative estimate of drug-likeness (QED) is 0.397. The molecule has 0 fully saturated rings. The summed E-state index contributed by atoms with van der Waals surface area (Å²) < 4.78 is 15.6. The maximum absolute atomic E-state index is 12.3. The van der Waals surface area contributed by atoms with Gasteiger partial charge in [0.25, 0.3) is 5.91 Å². The number of halogens is 2.